The fraction of sp³-hybridized carbons (Fsp3) is 0.429. The number of aryl methyl sites for hydroxylation is 2. The summed E-state index contributed by atoms with van der Waals surface area (Å²) in [5.41, 5.74) is 3.10. The van der Waals surface area contributed by atoms with E-state index in [0.29, 0.717) is 6.54 Å². The maximum atomic E-state index is 11.6. The number of aliphatic carboxylic acids is 1. The third-order valence-electron chi connectivity index (χ3n) is 3.43. The predicted molar refractivity (Wildman–Crippen MR) is 72.3 cm³/mol. The third-order valence-corrected chi connectivity index (χ3v) is 3.43. The van der Waals surface area contributed by atoms with Gasteiger partial charge in [0.05, 0.1) is 19.0 Å². The number of hydrogen-bond donors (Lipinski definition) is 2. The van der Waals surface area contributed by atoms with Crippen LogP contribution in [0.15, 0.2) is 18.2 Å². The molecule has 1 fully saturated rings. The molecule has 0 saturated carbocycles. The van der Waals surface area contributed by atoms with Crippen LogP contribution in [0.4, 0.5) is 5.69 Å². The Labute approximate surface area is 112 Å². The van der Waals surface area contributed by atoms with Gasteiger partial charge in [-0.2, -0.15) is 0 Å². The topological polar surface area (TPSA) is 69.6 Å². The van der Waals surface area contributed by atoms with Gasteiger partial charge in [0.2, 0.25) is 5.91 Å². The van der Waals surface area contributed by atoms with Gasteiger partial charge in [-0.25, -0.2) is 0 Å². The number of carbonyl (C=O) groups is 2. The van der Waals surface area contributed by atoms with Gasteiger partial charge in [-0.3, -0.25) is 9.59 Å². The number of piperazine rings is 1. The van der Waals surface area contributed by atoms with E-state index >= 15 is 0 Å². The molecule has 5 heteroatoms. The first kappa shape index (κ1) is 13.4. The lowest BCUT2D eigenvalue weighted by molar-refractivity contribution is -0.138. The van der Waals surface area contributed by atoms with Crippen molar-refractivity contribution < 1.29 is 14.7 Å². The van der Waals surface area contributed by atoms with E-state index in [1.54, 1.807) is 0 Å². The Bertz CT molecular complexity index is 493. The SMILES string of the molecule is Cc1cccc(C)c1N1CC(=O)NCC1CC(=O)O. The number of carboxylic acid groups (broad SMARTS) is 1. The van der Waals surface area contributed by atoms with Crippen molar-refractivity contribution in [3.63, 3.8) is 0 Å². The van der Waals surface area contributed by atoms with Crippen LogP contribution in [-0.2, 0) is 9.59 Å². The molecule has 0 aromatic heterocycles. The van der Waals surface area contributed by atoms with Crippen LogP contribution < -0.4 is 10.2 Å². The minimum atomic E-state index is -0.850. The summed E-state index contributed by atoms with van der Waals surface area (Å²) in [6.45, 7) is 4.54. The summed E-state index contributed by atoms with van der Waals surface area (Å²) >= 11 is 0. The third kappa shape index (κ3) is 2.86. The van der Waals surface area contributed by atoms with Crippen molar-refractivity contribution in [2.45, 2.75) is 26.3 Å². The van der Waals surface area contributed by atoms with E-state index in [2.05, 4.69) is 5.32 Å². The predicted octanol–water partition coefficient (Wildman–Crippen LogP) is 1.08. The van der Waals surface area contributed by atoms with E-state index in [9.17, 15) is 9.59 Å². The number of carbonyl (C=O) groups excluding carboxylic acids is 1. The lowest BCUT2D eigenvalue weighted by Crippen LogP contribution is -2.55. The van der Waals surface area contributed by atoms with Gasteiger partial charge in [0.15, 0.2) is 0 Å². The zero-order valence-electron chi connectivity index (χ0n) is 11.1. The highest BCUT2D eigenvalue weighted by Crippen LogP contribution is 2.28. The normalized spacial score (nSPS) is 19.2. The van der Waals surface area contributed by atoms with E-state index in [1.807, 2.05) is 36.9 Å². The summed E-state index contributed by atoms with van der Waals surface area (Å²) in [4.78, 5) is 24.5. The van der Waals surface area contributed by atoms with Crippen molar-refractivity contribution in [1.82, 2.24) is 5.32 Å². The monoisotopic (exact) mass is 262 g/mol. The van der Waals surface area contributed by atoms with Gasteiger partial charge in [0.1, 0.15) is 0 Å². The molecular formula is C14H18N2O3. The summed E-state index contributed by atoms with van der Waals surface area (Å²) < 4.78 is 0. The van der Waals surface area contributed by atoms with Crippen molar-refractivity contribution in [2.75, 3.05) is 18.0 Å². The fourth-order valence-electron chi connectivity index (χ4n) is 2.59. The second-order valence-electron chi connectivity index (χ2n) is 4.92. The Morgan fingerprint density at radius 2 is 2.05 bits per heavy atom. The lowest BCUT2D eigenvalue weighted by Gasteiger charge is -2.38. The van der Waals surface area contributed by atoms with Gasteiger partial charge in [0, 0.05) is 12.2 Å². The summed E-state index contributed by atoms with van der Waals surface area (Å²) in [5.74, 6) is -0.915. The molecule has 0 bridgehead atoms. The highest BCUT2D eigenvalue weighted by molar-refractivity contribution is 5.84. The molecule has 2 rings (SSSR count). The Kier molecular flexibility index (Phi) is 3.74. The first-order valence-electron chi connectivity index (χ1n) is 6.30. The van der Waals surface area contributed by atoms with Gasteiger partial charge in [-0.1, -0.05) is 18.2 Å². The van der Waals surface area contributed by atoms with Crippen LogP contribution >= 0.6 is 0 Å². The van der Waals surface area contributed by atoms with Crippen LogP contribution in [0.3, 0.4) is 0 Å². The summed E-state index contributed by atoms with van der Waals surface area (Å²) in [6, 6.07) is 5.72. The van der Waals surface area contributed by atoms with Crippen LogP contribution in [-0.4, -0.2) is 36.1 Å². The molecule has 0 spiro atoms. The molecule has 102 valence electrons. The van der Waals surface area contributed by atoms with Gasteiger partial charge in [-0.05, 0) is 25.0 Å². The molecule has 1 heterocycles. The smallest absolute Gasteiger partial charge is 0.305 e. The number of nitrogens with zero attached hydrogens (tertiary/aromatic N) is 1. The Morgan fingerprint density at radius 1 is 1.42 bits per heavy atom. The molecule has 1 amide bonds. The number of anilines is 1. The second-order valence-corrected chi connectivity index (χ2v) is 4.92. The number of nitrogens with one attached hydrogen (secondary N) is 1. The van der Waals surface area contributed by atoms with Gasteiger partial charge in [-0.15, -0.1) is 0 Å². The maximum Gasteiger partial charge on any atom is 0.305 e. The number of para-hydroxylation sites is 1. The summed E-state index contributed by atoms with van der Waals surface area (Å²) in [7, 11) is 0. The largest absolute Gasteiger partial charge is 0.481 e. The number of amides is 1. The molecule has 0 aliphatic carbocycles. The molecule has 1 aliphatic heterocycles. The quantitative estimate of drug-likeness (QED) is 0.855. The van der Waals surface area contributed by atoms with E-state index < -0.39 is 5.97 Å². The average molecular weight is 262 g/mol. The van der Waals surface area contributed by atoms with E-state index in [1.165, 1.54) is 0 Å². The molecule has 1 aromatic carbocycles. The van der Waals surface area contributed by atoms with Gasteiger partial charge < -0.3 is 15.3 Å². The highest BCUT2D eigenvalue weighted by atomic mass is 16.4. The van der Waals surface area contributed by atoms with Crippen LogP contribution in [0.1, 0.15) is 17.5 Å². The van der Waals surface area contributed by atoms with Gasteiger partial charge in [0.25, 0.3) is 0 Å². The Morgan fingerprint density at radius 3 is 2.63 bits per heavy atom. The number of rotatable bonds is 3. The average Bonchev–Trinajstić information content (AvgIpc) is 2.31. The minimum absolute atomic E-state index is 0.0219. The molecule has 1 aliphatic rings. The number of benzene rings is 1. The Balaban J connectivity index is 2.36. The minimum Gasteiger partial charge on any atom is -0.481 e. The molecule has 1 atom stereocenters. The fourth-order valence-corrected chi connectivity index (χ4v) is 2.59. The van der Waals surface area contributed by atoms with Crippen molar-refractivity contribution >= 4 is 17.6 Å². The number of carboxylic acids is 1. The molecule has 5 nitrogen and oxygen atoms in total. The van der Waals surface area contributed by atoms with E-state index in [-0.39, 0.29) is 24.9 Å². The van der Waals surface area contributed by atoms with Crippen LogP contribution in [0.2, 0.25) is 0 Å². The standard InChI is InChI=1S/C14H18N2O3/c1-9-4-3-5-10(2)14(9)16-8-12(17)15-7-11(16)6-13(18)19/h3-5,11H,6-8H2,1-2H3,(H,15,17)(H,18,19). The maximum absolute atomic E-state index is 11.6. The lowest BCUT2D eigenvalue weighted by atomic mass is 10.0. The molecule has 2 N–H and O–H groups in total. The molecule has 19 heavy (non-hydrogen) atoms. The van der Waals surface area contributed by atoms with Crippen molar-refractivity contribution in [3.05, 3.63) is 29.3 Å². The van der Waals surface area contributed by atoms with E-state index in [0.717, 1.165) is 16.8 Å². The highest BCUT2D eigenvalue weighted by Gasteiger charge is 2.29. The van der Waals surface area contributed by atoms with Gasteiger partial charge >= 0.3 is 5.97 Å². The van der Waals surface area contributed by atoms with Crippen molar-refractivity contribution in [1.29, 1.82) is 0 Å². The first-order valence-corrected chi connectivity index (χ1v) is 6.30. The van der Waals surface area contributed by atoms with Crippen LogP contribution in [0, 0.1) is 13.8 Å². The van der Waals surface area contributed by atoms with Crippen LogP contribution in [0.5, 0.6) is 0 Å². The molecular weight excluding hydrogens is 244 g/mol. The molecule has 1 aromatic rings. The van der Waals surface area contributed by atoms with E-state index in [4.69, 9.17) is 5.11 Å². The summed E-state index contributed by atoms with van der Waals surface area (Å²) in [6.07, 6.45) is 0.0219. The zero-order chi connectivity index (χ0) is 14.0. The van der Waals surface area contributed by atoms with Crippen LogP contribution in [0.25, 0.3) is 0 Å². The zero-order valence-corrected chi connectivity index (χ0v) is 11.1. The van der Waals surface area contributed by atoms with Crippen molar-refractivity contribution in [2.24, 2.45) is 0 Å². The van der Waals surface area contributed by atoms with Crippen molar-refractivity contribution in [3.8, 4) is 0 Å². The summed E-state index contributed by atoms with van der Waals surface area (Å²) in [5, 5.41) is 11.7. The Hall–Kier alpha value is -2.04. The first-order chi connectivity index (χ1) is 8.99. The molecule has 1 saturated heterocycles. The number of hydrogen-bond acceptors (Lipinski definition) is 3. The second kappa shape index (κ2) is 5.30. The molecule has 1 unspecified atom stereocenters. The molecule has 0 radical (unpaired) electrons.